The predicted molar refractivity (Wildman–Crippen MR) is 47.8 cm³/mol. The molecular formula is C7H15O4P. The summed E-state index contributed by atoms with van der Waals surface area (Å²) in [4.78, 5) is 4.12. The van der Waals surface area contributed by atoms with Gasteiger partial charge in [-0.15, -0.1) is 0 Å². The van der Waals surface area contributed by atoms with Crippen LogP contribution in [0.1, 0.15) is 13.3 Å². The molecule has 0 aliphatic heterocycles. The second-order valence-electron chi connectivity index (χ2n) is 2.57. The second kappa shape index (κ2) is 6.38. The molecule has 4 nitrogen and oxygen atoms in total. The fourth-order valence-corrected chi connectivity index (χ4v) is 1.10. The van der Waals surface area contributed by atoms with E-state index >= 15 is 0 Å². The average molecular weight is 194 g/mol. The lowest BCUT2D eigenvalue weighted by molar-refractivity contribution is -0.270. The molecule has 12 heavy (non-hydrogen) atoms. The summed E-state index contributed by atoms with van der Waals surface area (Å²) in [7, 11) is -1.88. The summed E-state index contributed by atoms with van der Waals surface area (Å²) in [6.07, 6.45) is 0.0437. The van der Waals surface area contributed by atoms with Crippen LogP contribution in [0.15, 0.2) is 12.2 Å². The molecule has 0 spiro atoms. The minimum Gasteiger partial charge on any atom is -0.331 e. The molecule has 72 valence electrons. The molecule has 0 aromatic rings. The van der Waals surface area contributed by atoms with E-state index in [2.05, 4.69) is 11.5 Å². The van der Waals surface area contributed by atoms with Crippen LogP contribution in [-0.4, -0.2) is 24.6 Å². The monoisotopic (exact) mass is 194 g/mol. The zero-order valence-electron chi connectivity index (χ0n) is 7.37. The molecule has 0 aliphatic rings. The lowest BCUT2D eigenvalue weighted by Gasteiger charge is -2.11. The van der Waals surface area contributed by atoms with Crippen LogP contribution in [-0.2, 0) is 14.0 Å². The van der Waals surface area contributed by atoms with E-state index < -0.39 is 14.1 Å². The fraction of sp³-hybridized carbons (Fsp3) is 0.714. The lowest BCUT2D eigenvalue weighted by atomic mass is 10.1. The molecule has 2 unspecified atom stereocenters. The van der Waals surface area contributed by atoms with Crippen molar-refractivity contribution in [3.8, 4) is 0 Å². The van der Waals surface area contributed by atoms with Gasteiger partial charge in [-0.1, -0.05) is 6.58 Å². The highest BCUT2D eigenvalue weighted by molar-refractivity contribution is 7.38. The van der Waals surface area contributed by atoms with Crippen LogP contribution < -0.4 is 0 Å². The second-order valence-corrected chi connectivity index (χ2v) is 3.84. The largest absolute Gasteiger partial charge is 0.331 e. The Morgan fingerprint density at radius 1 is 1.75 bits per heavy atom. The summed E-state index contributed by atoms with van der Waals surface area (Å²) in [5.74, 6) is 0. The van der Waals surface area contributed by atoms with Gasteiger partial charge in [-0.3, -0.25) is 9.82 Å². The van der Waals surface area contributed by atoms with Crippen LogP contribution in [0, 0.1) is 0 Å². The minimum absolute atomic E-state index is 0.312. The van der Waals surface area contributed by atoms with Crippen molar-refractivity contribution in [2.75, 3.05) is 13.3 Å². The molecule has 0 heterocycles. The third kappa shape index (κ3) is 5.49. The van der Waals surface area contributed by atoms with Gasteiger partial charge in [0.25, 0.3) is 0 Å². The van der Waals surface area contributed by atoms with Crippen LogP contribution in [0.5, 0.6) is 0 Å². The molecule has 0 rings (SSSR count). The van der Waals surface area contributed by atoms with Gasteiger partial charge in [-0.2, -0.15) is 0 Å². The highest BCUT2D eigenvalue weighted by atomic mass is 31.1. The Kier molecular flexibility index (Phi) is 6.30. The molecule has 0 radical (unpaired) electrons. The highest BCUT2D eigenvalue weighted by Crippen LogP contribution is 2.17. The molecule has 0 bridgehead atoms. The summed E-state index contributed by atoms with van der Waals surface area (Å²) in [6.45, 7) is 7.19. The van der Waals surface area contributed by atoms with Crippen molar-refractivity contribution in [2.24, 2.45) is 0 Å². The molecular weight excluding hydrogens is 179 g/mol. The van der Waals surface area contributed by atoms with Crippen LogP contribution in [0.3, 0.4) is 0 Å². The van der Waals surface area contributed by atoms with E-state index in [-0.39, 0.29) is 0 Å². The molecule has 0 saturated carbocycles. The quantitative estimate of drug-likeness (QED) is 0.304. The fourth-order valence-electron chi connectivity index (χ4n) is 0.699. The number of hydrogen-bond donors (Lipinski definition) is 1. The van der Waals surface area contributed by atoms with Gasteiger partial charge >= 0.3 is 0 Å². The van der Waals surface area contributed by atoms with Gasteiger partial charge in [0.15, 0.2) is 8.03 Å². The Morgan fingerprint density at radius 3 is 2.67 bits per heavy atom. The molecule has 0 fully saturated rings. The maximum absolute atomic E-state index is 10.5. The summed E-state index contributed by atoms with van der Waals surface area (Å²) < 4.78 is 15.4. The van der Waals surface area contributed by atoms with Crippen LogP contribution >= 0.6 is 8.03 Å². The Morgan fingerprint density at radius 2 is 2.33 bits per heavy atom. The Balaban J connectivity index is 3.59. The van der Waals surface area contributed by atoms with Crippen molar-refractivity contribution >= 4 is 8.03 Å². The Hall–Kier alpha value is -0.150. The van der Waals surface area contributed by atoms with E-state index in [4.69, 9.17) is 9.78 Å². The summed E-state index contributed by atoms with van der Waals surface area (Å²) >= 11 is 0. The molecule has 0 aliphatic carbocycles. The van der Waals surface area contributed by atoms with Crippen LogP contribution in [0.2, 0.25) is 0 Å². The third-order valence-electron chi connectivity index (χ3n) is 1.36. The van der Waals surface area contributed by atoms with Crippen molar-refractivity contribution in [1.82, 2.24) is 0 Å². The first-order valence-electron chi connectivity index (χ1n) is 3.67. The Bertz CT molecular complexity index is 169. The van der Waals surface area contributed by atoms with Gasteiger partial charge in [0.05, 0.1) is 6.61 Å². The molecule has 0 aromatic heterocycles. The maximum Gasteiger partial charge on any atom is 0.188 e. The summed E-state index contributed by atoms with van der Waals surface area (Å²) in [5.41, 5.74) is 0.719. The predicted octanol–water partition coefficient (Wildman–Crippen LogP) is 1.93. The first-order valence-corrected chi connectivity index (χ1v) is 5.48. The molecule has 5 heteroatoms. The zero-order valence-corrected chi connectivity index (χ0v) is 8.37. The van der Waals surface area contributed by atoms with Gasteiger partial charge in [0.1, 0.15) is 6.10 Å². The topological polar surface area (TPSA) is 55.8 Å². The van der Waals surface area contributed by atoms with E-state index in [0.29, 0.717) is 13.0 Å². The summed E-state index contributed by atoms with van der Waals surface area (Å²) in [6, 6.07) is 0. The number of hydrogen-bond acceptors (Lipinski definition) is 4. The van der Waals surface area contributed by atoms with Crippen molar-refractivity contribution in [3.05, 3.63) is 12.2 Å². The average Bonchev–Trinajstić information content (AvgIpc) is 1.96. The van der Waals surface area contributed by atoms with Gasteiger partial charge < -0.3 is 4.52 Å². The normalized spacial score (nSPS) is 15.6. The smallest absolute Gasteiger partial charge is 0.188 e. The van der Waals surface area contributed by atoms with E-state index in [1.807, 2.05) is 0 Å². The minimum atomic E-state index is -1.88. The maximum atomic E-state index is 10.5. The van der Waals surface area contributed by atoms with E-state index in [0.717, 1.165) is 5.57 Å². The molecule has 2 atom stereocenters. The van der Waals surface area contributed by atoms with Crippen molar-refractivity contribution in [2.45, 2.75) is 19.4 Å². The van der Waals surface area contributed by atoms with Gasteiger partial charge in [0.2, 0.25) is 0 Å². The van der Waals surface area contributed by atoms with E-state index in [9.17, 15) is 4.57 Å². The molecule has 0 saturated heterocycles. The van der Waals surface area contributed by atoms with Gasteiger partial charge in [-0.05, 0) is 12.5 Å². The van der Waals surface area contributed by atoms with Crippen molar-refractivity contribution in [3.63, 3.8) is 0 Å². The van der Waals surface area contributed by atoms with Crippen LogP contribution in [0.25, 0.3) is 0 Å². The highest BCUT2D eigenvalue weighted by Gasteiger charge is 2.09. The van der Waals surface area contributed by atoms with Crippen molar-refractivity contribution in [1.29, 1.82) is 0 Å². The first kappa shape index (κ1) is 11.8. The number of rotatable bonds is 6. The standard InChI is InChI=1S/C7H15O4P/c1-6(2)7(11-8)4-5-10-12(3)9/h7-8,12H,1,4-5H2,2-3H3. The Labute approximate surface area is 73.0 Å². The van der Waals surface area contributed by atoms with E-state index in [1.165, 1.54) is 6.66 Å². The van der Waals surface area contributed by atoms with Gasteiger partial charge in [0, 0.05) is 13.1 Å². The molecule has 0 amide bonds. The summed E-state index contributed by atoms with van der Waals surface area (Å²) in [5, 5.41) is 8.38. The SMILES string of the molecule is C=C(C)C(CCO[PH](C)=O)OO. The first-order chi connectivity index (χ1) is 5.57. The molecule has 1 N–H and O–H groups in total. The zero-order chi connectivity index (χ0) is 9.56. The lowest BCUT2D eigenvalue weighted by Crippen LogP contribution is -2.13. The molecule has 0 aromatic carbocycles. The van der Waals surface area contributed by atoms with Gasteiger partial charge in [-0.25, -0.2) is 4.89 Å². The van der Waals surface area contributed by atoms with Crippen LogP contribution in [0.4, 0.5) is 0 Å². The van der Waals surface area contributed by atoms with Crippen molar-refractivity contribution < 1.29 is 19.2 Å². The third-order valence-corrected chi connectivity index (χ3v) is 1.97. The van der Waals surface area contributed by atoms with E-state index in [1.54, 1.807) is 6.92 Å².